The van der Waals surface area contributed by atoms with Crippen LogP contribution in [-0.2, 0) is 9.53 Å². The number of rotatable bonds is 4. The van der Waals surface area contributed by atoms with Crippen LogP contribution in [0.3, 0.4) is 0 Å². The zero-order valence-corrected chi connectivity index (χ0v) is 10.5. The van der Waals surface area contributed by atoms with Crippen molar-refractivity contribution < 1.29 is 14.6 Å². The number of hydrogen-bond acceptors (Lipinski definition) is 3. The number of carboxylic acid groups (broad SMARTS) is 1. The van der Waals surface area contributed by atoms with E-state index in [1.54, 1.807) is 0 Å². The van der Waals surface area contributed by atoms with Crippen molar-refractivity contribution in [1.29, 1.82) is 0 Å². The first-order valence-electron chi connectivity index (χ1n) is 6.30. The van der Waals surface area contributed by atoms with Gasteiger partial charge in [0, 0.05) is 13.1 Å². The van der Waals surface area contributed by atoms with Crippen molar-refractivity contribution in [2.45, 2.75) is 25.6 Å². The van der Waals surface area contributed by atoms with E-state index in [9.17, 15) is 4.79 Å². The highest BCUT2D eigenvalue weighted by atomic mass is 16.5. The van der Waals surface area contributed by atoms with Gasteiger partial charge in [-0.15, -0.1) is 0 Å². The first-order valence-corrected chi connectivity index (χ1v) is 6.30. The van der Waals surface area contributed by atoms with E-state index in [1.807, 2.05) is 37.3 Å². The van der Waals surface area contributed by atoms with Crippen LogP contribution < -0.4 is 5.32 Å². The van der Waals surface area contributed by atoms with Crippen molar-refractivity contribution >= 4 is 5.97 Å². The van der Waals surface area contributed by atoms with Crippen LogP contribution in [0, 0.1) is 5.92 Å². The molecule has 3 unspecified atom stereocenters. The van der Waals surface area contributed by atoms with Gasteiger partial charge in [0.05, 0.1) is 18.1 Å². The third-order valence-electron chi connectivity index (χ3n) is 3.32. The van der Waals surface area contributed by atoms with E-state index < -0.39 is 5.97 Å². The van der Waals surface area contributed by atoms with E-state index >= 15 is 0 Å². The molecule has 3 atom stereocenters. The molecule has 4 heteroatoms. The Bertz CT molecular complexity index is 393. The Morgan fingerprint density at radius 2 is 2.11 bits per heavy atom. The second-order valence-electron chi connectivity index (χ2n) is 4.74. The number of hydrogen-bond donors (Lipinski definition) is 2. The third-order valence-corrected chi connectivity index (χ3v) is 3.32. The zero-order chi connectivity index (χ0) is 13.0. The summed E-state index contributed by atoms with van der Waals surface area (Å²) < 4.78 is 5.93. The molecule has 18 heavy (non-hydrogen) atoms. The predicted octanol–water partition coefficient (Wildman–Crippen LogP) is 1.83. The molecule has 98 valence electrons. The average molecular weight is 249 g/mol. The quantitative estimate of drug-likeness (QED) is 0.854. The number of nitrogens with one attached hydrogen (secondary N) is 1. The van der Waals surface area contributed by atoms with Crippen LogP contribution in [0.1, 0.15) is 25.0 Å². The minimum Gasteiger partial charge on any atom is -0.481 e. The van der Waals surface area contributed by atoms with E-state index in [1.165, 1.54) is 0 Å². The fourth-order valence-corrected chi connectivity index (χ4v) is 2.29. The van der Waals surface area contributed by atoms with Crippen LogP contribution in [-0.4, -0.2) is 30.3 Å². The highest BCUT2D eigenvalue weighted by Gasteiger charge is 2.28. The number of carboxylic acids is 1. The van der Waals surface area contributed by atoms with Gasteiger partial charge in [0.25, 0.3) is 0 Å². The first kappa shape index (κ1) is 13.1. The summed E-state index contributed by atoms with van der Waals surface area (Å²) in [7, 11) is 0. The van der Waals surface area contributed by atoms with Crippen molar-refractivity contribution in [2.75, 3.05) is 13.1 Å². The lowest BCUT2D eigenvalue weighted by atomic mass is 9.97. The molecule has 1 aliphatic heterocycles. The van der Waals surface area contributed by atoms with E-state index in [4.69, 9.17) is 9.84 Å². The molecule has 1 heterocycles. The van der Waals surface area contributed by atoms with Gasteiger partial charge in [-0.25, -0.2) is 0 Å². The smallest absolute Gasteiger partial charge is 0.307 e. The van der Waals surface area contributed by atoms with Gasteiger partial charge in [0.1, 0.15) is 0 Å². The monoisotopic (exact) mass is 249 g/mol. The summed E-state index contributed by atoms with van der Waals surface area (Å²) in [5, 5.41) is 12.1. The zero-order valence-electron chi connectivity index (χ0n) is 10.5. The maximum Gasteiger partial charge on any atom is 0.307 e. The lowest BCUT2D eigenvalue weighted by molar-refractivity contribution is -0.144. The number of piperidine rings is 1. The van der Waals surface area contributed by atoms with Crippen molar-refractivity contribution in [3.05, 3.63) is 35.9 Å². The van der Waals surface area contributed by atoms with Gasteiger partial charge in [-0.05, 0) is 18.9 Å². The van der Waals surface area contributed by atoms with Gasteiger partial charge in [-0.1, -0.05) is 30.3 Å². The molecule has 1 aliphatic rings. The molecule has 4 nitrogen and oxygen atoms in total. The van der Waals surface area contributed by atoms with Crippen LogP contribution >= 0.6 is 0 Å². The largest absolute Gasteiger partial charge is 0.481 e. The molecular formula is C14H19NO3. The van der Waals surface area contributed by atoms with Crippen LogP contribution in [0.5, 0.6) is 0 Å². The summed E-state index contributed by atoms with van der Waals surface area (Å²) in [6.45, 7) is 3.26. The Balaban J connectivity index is 1.91. The Labute approximate surface area is 107 Å². The van der Waals surface area contributed by atoms with Crippen molar-refractivity contribution in [3.63, 3.8) is 0 Å². The van der Waals surface area contributed by atoms with Crippen LogP contribution in [0.15, 0.2) is 30.3 Å². The van der Waals surface area contributed by atoms with Crippen LogP contribution in [0.25, 0.3) is 0 Å². The maximum absolute atomic E-state index is 11.0. The minimum absolute atomic E-state index is 0.00875. The lowest BCUT2D eigenvalue weighted by Crippen LogP contribution is -2.43. The maximum atomic E-state index is 11.0. The minimum atomic E-state index is -0.747. The summed E-state index contributed by atoms with van der Waals surface area (Å²) in [6, 6.07) is 9.98. The Morgan fingerprint density at radius 3 is 2.78 bits per heavy atom. The molecule has 0 radical (unpaired) electrons. The molecule has 1 fully saturated rings. The fraction of sp³-hybridized carbons (Fsp3) is 0.500. The normalized spacial score (nSPS) is 25.6. The predicted molar refractivity (Wildman–Crippen MR) is 68.3 cm³/mol. The molecule has 0 spiro atoms. The number of benzene rings is 1. The molecule has 1 aromatic rings. The Morgan fingerprint density at radius 1 is 1.39 bits per heavy atom. The van der Waals surface area contributed by atoms with Crippen LogP contribution in [0.4, 0.5) is 0 Å². The van der Waals surface area contributed by atoms with Crippen molar-refractivity contribution in [3.8, 4) is 0 Å². The molecule has 0 saturated carbocycles. The van der Waals surface area contributed by atoms with Gasteiger partial charge >= 0.3 is 5.97 Å². The highest BCUT2D eigenvalue weighted by molar-refractivity contribution is 5.70. The fourth-order valence-electron chi connectivity index (χ4n) is 2.29. The molecule has 0 aliphatic carbocycles. The van der Waals surface area contributed by atoms with Gasteiger partial charge in [-0.2, -0.15) is 0 Å². The van der Waals surface area contributed by atoms with Crippen molar-refractivity contribution in [1.82, 2.24) is 5.32 Å². The molecule has 1 aromatic carbocycles. The summed E-state index contributed by atoms with van der Waals surface area (Å²) in [5.41, 5.74) is 1.12. The molecule has 0 aromatic heterocycles. The third kappa shape index (κ3) is 3.31. The summed E-state index contributed by atoms with van der Waals surface area (Å²) in [4.78, 5) is 11.0. The van der Waals surface area contributed by atoms with Gasteiger partial charge in [-0.3, -0.25) is 4.79 Å². The molecule has 1 saturated heterocycles. The van der Waals surface area contributed by atoms with Gasteiger partial charge in [0.15, 0.2) is 0 Å². The van der Waals surface area contributed by atoms with Gasteiger partial charge < -0.3 is 15.2 Å². The Kier molecular flexibility index (Phi) is 4.33. The lowest BCUT2D eigenvalue weighted by Gasteiger charge is -2.30. The van der Waals surface area contributed by atoms with Crippen molar-refractivity contribution in [2.24, 2.45) is 5.92 Å². The average Bonchev–Trinajstić information content (AvgIpc) is 2.40. The molecule has 2 rings (SSSR count). The second-order valence-corrected chi connectivity index (χ2v) is 4.74. The number of ether oxygens (including phenoxy) is 1. The molecular weight excluding hydrogens is 230 g/mol. The molecule has 0 bridgehead atoms. The topological polar surface area (TPSA) is 58.6 Å². The van der Waals surface area contributed by atoms with E-state index in [2.05, 4.69) is 5.32 Å². The Hall–Kier alpha value is -1.39. The number of carbonyl (C=O) groups is 1. The summed E-state index contributed by atoms with van der Waals surface area (Å²) >= 11 is 0. The standard InChI is InChI=1S/C14H19NO3/c1-10(11-5-3-2-4-6-11)18-13-7-12(14(16)17)8-15-9-13/h2-6,10,12-13,15H,7-9H2,1H3,(H,16,17). The second kappa shape index (κ2) is 5.98. The highest BCUT2D eigenvalue weighted by Crippen LogP contribution is 2.22. The van der Waals surface area contributed by atoms with E-state index in [-0.39, 0.29) is 18.1 Å². The molecule has 0 amide bonds. The summed E-state index contributed by atoms with van der Waals surface area (Å²) in [5.74, 6) is -1.09. The van der Waals surface area contributed by atoms with Crippen LogP contribution in [0.2, 0.25) is 0 Å². The first-order chi connectivity index (χ1) is 8.66. The number of aliphatic carboxylic acids is 1. The summed E-state index contributed by atoms with van der Waals surface area (Å²) in [6.07, 6.45) is 0.542. The van der Waals surface area contributed by atoms with Gasteiger partial charge in [0.2, 0.25) is 0 Å². The van der Waals surface area contributed by atoms with E-state index in [0.29, 0.717) is 13.0 Å². The van der Waals surface area contributed by atoms with E-state index in [0.717, 1.165) is 12.1 Å². The molecule has 2 N–H and O–H groups in total. The SMILES string of the molecule is CC(OC1CNCC(C(=O)O)C1)c1ccccc1.